The molecule has 2 N–H and O–H groups in total. The molecule has 0 saturated heterocycles. The minimum Gasteiger partial charge on any atom is -0.396 e. The SMILES string of the molecule is CC(CCO)CNC(=O)CSc1ccc(C#N)cc1. The highest BCUT2D eigenvalue weighted by atomic mass is 32.2. The highest BCUT2D eigenvalue weighted by Gasteiger charge is 2.06. The summed E-state index contributed by atoms with van der Waals surface area (Å²) in [6.45, 7) is 2.73. The van der Waals surface area contributed by atoms with Crippen LogP contribution in [-0.2, 0) is 4.79 Å². The molecule has 0 heterocycles. The van der Waals surface area contributed by atoms with E-state index >= 15 is 0 Å². The molecule has 0 fully saturated rings. The highest BCUT2D eigenvalue weighted by molar-refractivity contribution is 8.00. The van der Waals surface area contributed by atoms with Crippen LogP contribution < -0.4 is 5.32 Å². The summed E-state index contributed by atoms with van der Waals surface area (Å²) in [5.74, 6) is 0.630. The van der Waals surface area contributed by atoms with Gasteiger partial charge in [-0.15, -0.1) is 11.8 Å². The summed E-state index contributed by atoms with van der Waals surface area (Å²) in [7, 11) is 0. The summed E-state index contributed by atoms with van der Waals surface area (Å²) in [4.78, 5) is 12.6. The van der Waals surface area contributed by atoms with Gasteiger partial charge >= 0.3 is 0 Å². The minimum absolute atomic E-state index is 0.0147. The number of amides is 1. The summed E-state index contributed by atoms with van der Waals surface area (Å²) < 4.78 is 0. The number of nitrogens with zero attached hydrogens (tertiary/aromatic N) is 1. The first-order valence-electron chi connectivity index (χ1n) is 6.16. The Morgan fingerprint density at radius 3 is 2.74 bits per heavy atom. The number of nitrogens with one attached hydrogen (secondary N) is 1. The van der Waals surface area contributed by atoms with Crippen LogP contribution in [0.3, 0.4) is 0 Å². The lowest BCUT2D eigenvalue weighted by Gasteiger charge is -2.10. The number of benzene rings is 1. The second-order valence-electron chi connectivity index (χ2n) is 4.35. The van der Waals surface area contributed by atoms with Crippen molar-refractivity contribution < 1.29 is 9.90 Å². The van der Waals surface area contributed by atoms with Gasteiger partial charge < -0.3 is 10.4 Å². The molecular weight excluding hydrogens is 260 g/mol. The van der Waals surface area contributed by atoms with Gasteiger partial charge in [0.15, 0.2) is 0 Å². The molecule has 5 heteroatoms. The Kier molecular flexibility index (Phi) is 7.01. The molecule has 0 aliphatic rings. The van der Waals surface area contributed by atoms with Gasteiger partial charge in [-0.25, -0.2) is 0 Å². The molecule has 1 atom stereocenters. The van der Waals surface area contributed by atoms with Crippen molar-refractivity contribution in [2.24, 2.45) is 5.92 Å². The molecule has 102 valence electrons. The average Bonchev–Trinajstić information content (AvgIpc) is 2.44. The van der Waals surface area contributed by atoms with E-state index in [9.17, 15) is 4.79 Å². The van der Waals surface area contributed by atoms with Gasteiger partial charge in [-0.1, -0.05) is 6.92 Å². The predicted molar refractivity (Wildman–Crippen MR) is 75.8 cm³/mol. The van der Waals surface area contributed by atoms with Crippen molar-refractivity contribution in [3.05, 3.63) is 29.8 Å². The van der Waals surface area contributed by atoms with Crippen LogP contribution in [0.1, 0.15) is 18.9 Å². The molecule has 0 aliphatic carbocycles. The zero-order valence-electron chi connectivity index (χ0n) is 10.9. The van der Waals surface area contributed by atoms with E-state index in [-0.39, 0.29) is 18.4 Å². The Balaban J connectivity index is 2.28. The topological polar surface area (TPSA) is 73.1 Å². The van der Waals surface area contributed by atoms with Crippen LogP contribution >= 0.6 is 11.8 Å². The fourth-order valence-corrected chi connectivity index (χ4v) is 2.16. The molecule has 19 heavy (non-hydrogen) atoms. The van der Waals surface area contributed by atoms with Crippen molar-refractivity contribution in [2.45, 2.75) is 18.2 Å². The summed E-state index contributed by atoms with van der Waals surface area (Å²) in [5.41, 5.74) is 0.617. The van der Waals surface area contributed by atoms with Gasteiger partial charge in [0.1, 0.15) is 0 Å². The van der Waals surface area contributed by atoms with Crippen LogP contribution in [0.25, 0.3) is 0 Å². The first-order valence-corrected chi connectivity index (χ1v) is 7.14. The lowest BCUT2D eigenvalue weighted by Crippen LogP contribution is -2.29. The standard InChI is InChI=1S/C14H18N2O2S/c1-11(6-7-17)9-16-14(18)10-19-13-4-2-12(8-15)3-5-13/h2-5,11,17H,6-7,9-10H2,1H3,(H,16,18). The zero-order chi connectivity index (χ0) is 14.1. The van der Waals surface area contributed by atoms with Crippen molar-refractivity contribution in [3.63, 3.8) is 0 Å². The van der Waals surface area contributed by atoms with Crippen molar-refractivity contribution in [1.82, 2.24) is 5.32 Å². The highest BCUT2D eigenvalue weighted by Crippen LogP contribution is 2.17. The third kappa shape index (κ3) is 6.27. The van der Waals surface area contributed by atoms with Crippen LogP contribution in [0.5, 0.6) is 0 Å². The second kappa shape index (κ2) is 8.57. The molecule has 0 bridgehead atoms. The van der Waals surface area contributed by atoms with E-state index in [1.807, 2.05) is 19.1 Å². The van der Waals surface area contributed by atoms with E-state index in [0.717, 1.165) is 4.90 Å². The van der Waals surface area contributed by atoms with Crippen molar-refractivity contribution >= 4 is 17.7 Å². The van der Waals surface area contributed by atoms with Crippen molar-refractivity contribution in [2.75, 3.05) is 18.9 Å². The number of carbonyl (C=O) groups is 1. The summed E-state index contributed by atoms with van der Waals surface area (Å²) in [5, 5.41) is 20.3. The molecule has 0 saturated carbocycles. The maximum Gasteiger partial charge on any atom is 0.230 e. The van der Waals surface area contributed by atoms with Crippen LogP contribution in [0.2, 0.25) is 0 Å². The van der Waals surface area contributed by atoms with Crippen molar-refractivity contribution in [3.8, 4) is 6.07 Å². The Hall–Kier alpha value is -1.51. The van der Waals surface area contributed by atoms with Gasteiger partial charge in [0.25, 0.3) is 0 Å². The molecule has 1 rings (SSSR count). The molecule has 1 unspecified atom stereocenters. The number of hydrogen-bond donors (Lipinski definition) is 2. The van der Waals surface area contributed by atoms with E-state index in [2.05, 4.69) is 11.4 Å². The van der Waals surface area contributed by atoms with Gasteiger partial charge in [-0.05, 0) is 36.6 Å². The molecule has 0 aliphatic heterocycles. The molecule has 0 aromatic heterocycles. The molecule has 1 amide bonds. The first-order chi connectivity index (χ1) is 9.15. The van der Waals surface area contributed by atoms with E-state index in [4.69, 9.17) is 10.4 Å². The van der Waals surface area contributed by atoms with Crippen molar-refractivity contribution in [1.29, 1.82) is 5.26 Å². The summed E-state index contributed by atoms with van der Waals surface area (Å²) >= 11 is 1.44. The predicted octanol–water partition coefficient (Wildman–Crippen LogP) is 1.79. The Bertz CT molecular complexity index is 440. The fraction of sp³-hybridized carbons (Fsp3) is 0.429. The van der Waals surface area contributed by atoms with Gasteiger partial charge in [0.05, 0.1) is 17.4 Å². The van der Waals surface area contributed by atoms with E-state index in [0.29, 0.717) is 24.3 Å². The Morgan fingerprint density at radius 1 is 1.47 bits per heavy atom. The number of thioether (sulfide) groups is 1. The molecule has 4 nitrogen and oxygen atoms in total. The molecule has 0 spiro atoms. The zero-order valence-corrected chi connectivity index (χ0v) is 11.7. The molecule has 1 aromatic rings. The Morgan fingerprint density at radius 2 is 2.16 bits per heavy atom. The van der Waals surface area contributed by atoms with Gasteiger partial charge in [-0.2, -0.15) is 5.26 Å². The van der Waals surface area contributed by atoms with Gasteiger partial charge in [-0.3, -0.25) is 4.79 Å². The second-order valence-corrected chi connectivity index (χ2v) is 5.40. The molecule has 0 radical (unpaired) electrons. The number of rotatable bonds is 7. The quantitative estimate of drug-likeness (QED) is 0.746. The number of hydrogen-bond acceptors (Lipinski definition) is 4. The summed E-state index contributed by atoms with van der Waals surface area (Å²) in [6.07, 6.45) is 0.697. The third-order valence-electron chi connectivity index (χ3n) is 2.62. The van der Waals surface area contributed by atoms with Crippen LogP contribution in [-0.4, -0.2) is 29.9 Å². The van der Waals surface area contributed by atoms with Crippen LogP contribution in [0.4, 0.5) is 0 Å². The number of carbonyl (C=O) groups excluding carboxylic acids is 1. The first kappa shape index (κ1) is 15.5. The molecule has 1 aromatic carbocycles. The number of aliphatic hydroxyl groups is 1. The van der Waals surface area contributed by atoms with Gasteiger partial charge in [0, 0.05) is 18.0 Å². The fourth-order valence-electron chi connectivity index (χ4n) is 1.44. The minimum atomic E-state index is -0.0147. The monoisotopic (exact) mass is 278 g/mol. The third-order valence-corrected chi connectivity index (χ3v) is 3.63. The van der Waals surface area contributed by atoms with E-state index < -0.39 is 0 Å². The number of nitriles is 1. The Labute approximate surface area is 117 Å². The average molecular weight is 278 g/mol. The smallest absolute Gasteiger partial charge is 0.230 e. The van der Waals surface area contributed by atoms with E-state index in [1.165, 1.54) is 11.8 Å². The van der Waals surface area contributed by atoms with E-state index in [1.54, 1.807) is 12.1 Å². The summed E-state index contributed by atoms with van der Waals surface area (Å²) in [6, 6.07) is 9.21. The van der Waals surface area contributed by atoms with Crippen LogP contribution in [0, 0.1) is 17.2 Å². The lowest BCUT2D eigenvalue weighted by molar-refractivity contribution is -0.118. The van der Waals surface area contributed by atoms with Gasteiger partial charge in [0.2, 0.25) is 5.91 Å². The molecular formula is C14H18N2O2S. The maximum absolute atomic E-state index is 11.6. The largest absolute Gasteiger partial charge is 0.396 e. The maximum atomic E-state index is 11.6. The number of aliphatic hydroxyl groups excluding tert-OH is 1. The lowest BCUT2D eigenvalue weighted by atomic mass is 10.1. The van der Waals surface area contributed by atoms with Crippen LogP contribution in [0.15, 0.2) is 29.2 Å². The normalized spacial score (nSPS) is 11.6.